The molecule has 2 aromatic rings. The standard InChI is InChI=1S/C12H16N4O2.ClH/c1-2-13-5-6-14-12(17)10-8-9(15-16-10)11-4-3-7-18-11;/h3-4,7-8,13H,2,5-6H2,1H3,(H,14,17)(H,15,16);1H. The van der Waals surface area contributed by atoms with Gasteiger partial charge in [-0.05, 0) is 18.7 Å². The number of carbonyl (C=O) groups excluding carboxylic acids is 1. The quantitative estimate of drug-likeness (QED) is 0.701. The van der Waals surface area contributed by atoms with Gasteiger partial charge in [-0.3, -0.25) is 9.89 Å². The summed E-state index contributed by atoms with van der Waals surface area (Å²) in [5.41, 5.74) is 1.05. The van der Waals surface area contributed by atoms with Crippen molar-refractivity contribution in [2.45, 2.75) is 6.92 Å². The van der Waals surface area contributed by atoms with E-state index in [1.54, 1.807) is 24.5 Å². The fraction of sp³-hybridized carbons (Fsp3) is 0.333. The molecular weight excluding hydrogens is 268 g/mol. The lowest BCUT2D eigenvalue weighted by atomic mass is 10.3. The van der Waals surface area contributed by atoms with Crippen LogP contribution in [0.3, 0.4) is 0 Å². The van der Waals surface area contributed by atoms with Gasteiger partial charge in [-0.15, -0.1) is 12.4 Å². The molecule has 3 N–H and O–H groups in total. The summed E-state index contributed by atoms with van der Waals surface area (Å²) in [6.07, 6.45) is 1.58. The van der Waals surface area contributed by atoms with E-state index in [1.165, 1.54) is 0 Å². The maximum absolute atomic E-state index is 11.7. The van der Waals surface area contributed by atoms with E-state index in [-0.39, 0.29) is 18.3 Å². The van der Waals surface area contributed by atoms with Crippen molar-refractivity contribution in [3.63, 3.8) is 0 Å². The minimum absolute atomic E-state index is 0. The third-order valence-electron chi connectivity index (χ3n) is 2.43. The SMILES string of the molecule is CCNCCNC(=O)c1cc(-c2ccco2)[nH]n1.Cl. The Bertz CT molecular complexity index is 496. The van der Waals surface area contributed by atoms with Gasteiger partial charge in [-0.1, -0.05) is 6.92 Å². The molecule has 0 bridgehead atoms. The first-order chi connectivity index (χ1) is 8.81. The number of aromatic nitrogens is 2. The Kier molecular flexibility index (Phi) is 6.11. The van der Waals surface area contributed by atoms with Gasteiger partial charge in [-0.2, -0.15) is 5.10 Å². The highest BCUT2D eigenvalue weighted by Crippen LogP contribution is 2.17. The lowest BCUT2D eigenvalue weighted by Gasteiger charge is -2.02. The fourth-order valence-electron chi connectivity index (χ4n) is 1.53. The van der Waals surface area contributed by atoms with Gasteiger partial charge in [0.25, 0.3) is 5.91 Å². The van der Waals surface area contributed by atoms with Crippen LogP contribution in [0.15, 0.2) is 28.9 Å². The second-order valence-corrected chi connectivity index (χ2v) is 3.75. The molecule has 0 unspecified atom stereocenters. The predicted molar refractivity (Wildman–Crippen MR) is 74.4 cm³/mol. The normalized spacial score (nSPS) is 9.95. The molecule has 6 nitrogen and oxygen atoms in total. The minimum atomic E-state index is -0.193. The zero-order valence-corrected chi connectivity index (χ0v) is 11.4. The maximum atomic E-state index is 11.7. The summed E-state index contributed by atoms with van der Waals surface area (Å²) in [4.78, 5) is 11.7. The van der Waals surface area contributed by atoms with Crippen LogP contribution in [0, 0.1) is 0 Å². The number of furan rings is 1. The van der Waals surface area contributed by atoms with Gasteiger partial charge in [0, 0.05) is 19.2 Å². The van der Waals surface area contributed by atoms with Crippen molar-refractivity contribution in [1.29, 1.82) is 0 Å². The number of H-pyrrole nitrogens is 1. The van der Waals surface area contributed by atoms with Crippen LogP contribution in [0.1, 0.15) is 17.4 Å². The van der Waals surface area contributed by atoms with Crippen molar-refractivity contribution in [3.8, 4) is 11.5 Å². The van der Waals surface area contributed by atoms with E-state index in [2.05, 4.69) is 20.8 Å². The van der Waals surface area contributed by atoms with E-state index in [0.29, 0.717) is 23.7 Å². The molecule has 0 spiro atoms. The first kappa shape index (κ1) is 15.3. The van der Waals surface area contributed by atoms with E-state index >= 15 is 0 Å². The number of halogens is 1. The Morgan fingerprint density at radius 3 is 3.00 bits per heavy atom. The fourth-order valence-corrected chi connectivity index (χ4v) is 1.53. The first-order valence-corrected chi connectivity index (χ1v) is 5.89. The highest BCUT2D eigenvalue weighted by molar-refractivity contribution is 5.93. The van der Waals surface area contributed by atoms with Gasteiger partial charge in [0.1, 0.15) is 5.69 Å². The Morgan fingerprint density at radius 2 is 2.32 bits per heavy atom. The molecule has 0 aliphatic carbocycles. The summed E-state index contributed by atoms with van der Waals surface area (Å²) < 4.78 is 5.21. The molecule has 0 aliphatic rings. The molecule has 2 heterocycles. The molecule has 0 saturated heterocycles. The average Bonchev–Trinajstić information content (AvgIpc) is 3.03. The molecule has 1 amide bonds. The van der Waals surface area contributed by atoms with Crippen molar-refractivity contribution < 1.29 is 9.21 Å². The van der Waals surface area contributed by atoms with Crippen molar-refractivity contribution in [3.05, 3.63) is 30.2 Å². The molecule has 0 fully saturated rings. The monoisotopic (exact) mass is 284 g/mol. The lowest BCUT2D eigenvalue weighted by Crippen LogP contribution is -2.31. The molecule has 0 aliphatic heterocycles. The summed E-state index contributed by atoms with van der Waals surface area (Å²) in [5.74, 6) is 0.469. The molecule has 7 heteroatoms. The topological polar surface area (TPSA) is 83.0 Å². The molecule has 0 aromatic carbocycles. The molecule has 0 radical (unpaired) electrons. The van der Waals surface area contributed by atoms with Crippen molar-refractivity contribution in [1.82, 2.24) is 20.8 Å². The van der Waals surface area contributed by atoms with Crippen LogP contribution in [0.5, 0.6) is 0 Å². The predicted octanol–water partition coefficient (Wildman–Crippen LogP) is 1.43. The number of carbonyl (C=O) groups is 1. The third-order valence-corrected chi connectivity index (χ3v) is 2.43. The number of likely N-dealkylation sites (N-methyl/N-ethyl adjacent to an activating group) is 1. The summed E-state index contributed by atoms with van der Waals surface area (Å²) in [6.45, 7) is 4.24. The number of hydrogen-bond acceptors (Lipinski definition) is 4. The van der Waals surface area contributed by atoms with E-state index in [1.807, 2.05) is 6.92 Å². The molecule has 2 aromatic heterocycles. The summed E-state index contributed by atoms with van der Waals surface area (Å²) in [5, 5.41) is 12.6. The van der Waals surface area contributed by atoms with Gasteiger partial charge in [0.05, 0.1) is 6.26 Å². The van der Waals surface area contributed by atoms with E-state index < -0.39 is 0 Å². The van der Waals surface area contributed by atoms with Crippen LogP contribution in [0.4, 0.5) is 0 Å². The number of aromatic amines is 1. The minimum Gasteiger partial charge on any atom is -0.463 e. The second kappa shape index (κ2) is 7.60. The lowest BCUT2D eigenvalue weighted by molar-refractivity contribution is 0.0949. The summed E-state index contributed by atoms with van der Waals surface area (Å²) in [7, 11) is 0. The van der Waals surface area contributed by atoms with E-state index in [9.17, 15) is 4.79 Å². The van der Waals surface area contributed by atoms with Gasteiger partial charge in [-0.25, -0.2) is 0 Å². The van der Waals surface area contributed by atoms with Crippen LogP contribution >= 0.6 is 12.4 Å². The van der Waals surface area contributed by atoms with Crippen molar-refractivity contribution in [2.75, 3.05) is 19.6 Å². The third kappa shape index (κ3) is 4.11. The molecule has 104 valence electrons. The highest BCUT2D eigenvalue weighted by Gasteiger charge is 2.11. The van der Waals surface area contributed by atoms with Crippen LogP contribution in [-0.4, -0.2) is 35.7 Å². The maximum Gasteiger partial charge on any atom is 0.271 e. The average molecular weight is 285 g/mol. The van der Waals surface area contributed by atoms with E-state index in [4.69, 9.17) is 4.42 Å². The largest absolute Gasteiger partial charge is 0.463 e. The zero-order chi connectivity index (χ0) is 12.8. The Hall–Kier alpha value is -1.79. The number of nitrogens with one attached hydrogen (secondary N) is 3. The number of rotatable bonds is 6. The van der Waals surface area contributed by atoms with Gasteiger partial charge in [0.15, 0.2) is 11.5 Å². The van der Waals surface area contributed by atoms with Gasteiger partial charge >= 0.3 is 0 Å². The van der Waals surface area contributed by atoms with Crippen LogP contribution in [-0.2, 0) is 0 Å². The molecule has 0 saturated carbocycles. The van der Waals surface area contributed by atoms with Gasteiger partial charge in [0.2, 0.25) is 0 Å². The highest BCUT2D eigenvalue weighted by atomic mass is 35.5. The number of amides is 1. The zero-order valence-electron chi connectivity index (χ0n) is 10.6. The second-order valence-electron chi connectivity index (χ2n) is 3.75. The van der Waals surface area contributed by atoms with Crippen LogP contribution < -0.4 is 10.6 Å². The van der Waals surface area contributed by atoms with Crippen molar-refractivity contribution in [2.24, 2.45) is 0 Å². The molecular formula is C12H17ClN4O2. The van der Waals surface area contributed by atoms with E-state index in [0.717, 1.165) is 13.1 Å². The van der Waals surface area contributed by atoms with Crippen molar-refractivity contribution >= 4 is 18.3 Å². The van der Waals surface area contributed by atoms with Crippen LogP contribution in [0.25, 0.3) is 11.5 Å². The number of hydrogen-bond donors (Lipinski definition) is 3. The Balaban J connectivity index is 0.00000180. The Labute approximate surface area is 117 Å². The summed E-state index contributed by atoms with van der Waals surface area (Å²) in [6, 6.07) is 5.26. The molecule has 0 atom stereocenters. The molecule has 19 heavy (non-hydrogen) atoms. The first-order valence-electron chi connectivity index (χ1n) is 5.89. The Morgan fingerprint density at radius 1 is 1.47 bits per heavy atom. The van der Waals surface area contributed by atoms with Crippen LogP contribution in [0.2, 0.25) is 0 Å². The summed E-state index contributed by atoms with van der Waals surface area (Å²) >= 11 is 0. The smallest absolute Gasteiger partial charge is 0.271 e. The van der Waals surface area contributed by atoms with Gasteiger partial charge < -0.3 is 15.1 Å². The number of nitrogens with zero attached hydrogens (tertiary/aromatic N) is 1. The molecule has 2 rings (SSSR count).